The summed E-state index contributed by atoms with van der Waals surface area (Å²) in [6.07, 6.45) is 5.57. The van der Waals surface area contributed by atoms with Crippen LogP contribution in [0.25, 0.3) is 11.3 Å². The molecule has 0 amide bonds. The lowest BCUT2D eigenvalue weighted by Crippen LogP contribution is -2.48. The molecular formula is C25H26F2N4O2. The first-order chi connectivity index (χ1) is 15.6. The Morgan fingerprint density at radius 2 is 1.97 bits per heavy atom. The number of rotatable bonds is 5. The van der Waals surface area contributed by atoms with E-state index in [1.807, 2.05) is 13.0 Å². The molecule has 0 bridgehead atoms. The van der Waals surface area contributed by atoms with Gasteiger partial charge in [-0.3, -0.25) is 9.78 Å². The lowest BCUT2D eigenvalue weighted by molar-refractivity contribution is 0.0987. The number of halogens is 2. The Bertz CT molecular complexity index is 1200. The zero-order valence-corrected chi connectivity index (χ0v) is 18.3. The maximum atomic E-state index is 14.4. The van der Waals surface area contributed by atoms with Gasteiger partial charge >= 0.3 is 0 Å². The summed E-state index contributed by atoms with van der Waals surface area (Å²) in [4.78, 5) is 21.4. The van der Waals surface area contributed by atoms with Crippen molar-refractivity contribution in [3.8, 4) is 17.0 Å². The highest BCUT2D eigenvalue weighted by Gasteiger charge is 2.34. The molecule has 6 nitrogen and oxygen atoms in total. The number of nitrogens with zero attached hydrogens (tertiary/aromatic N) is 2. The van der Waals surface area contributed by atoms with E-state index in [0.717, 1.165) is 42.5 Å². The minimum Gasteiger partial charge on any atom is -0.508 e. The Balaban J connectivity index is 1.62. The van der Waals surface area contributed by atoms with E-state index in [9.17, 15) is 18.7 Å². The van der Waals surface area contributed by atoms with Crippen LogP contribution in [0.3, 0.4) is 0 Å². The quantitative estimate of drug-likeness (QED) is 0.506. The van der Waals surface area contributed by atoms with Crippen molar-refractivity contribution >= 4 is 5.78 Å². The van der Waals surface area contributed by atoms with E-state index in [1.165, 1.54) is 18.2 Å². The second kappa shape index (κ2) is 8.96. The van der Waals surface area contributed by atoms with E-state index < -0.39 is 17.2 Å². The van der Waals surface area contributed by atoms with Gasteiger partial charge in [0.25, 0.3) is 0 Å². The van der Waals surface area contributed by atoms with Gasteiger partial charge in [0, 0.05) is 42.0 Å². The normalized spacial score (nSPS) is 22.8. The molecule has 1 aliphatic rings. The first-order valence-corrected chi connectivity index (χ1v) is 10.8. The fraction of sp³-hybridized carbons (Fsp3) is 0.320. The van der Waals surface area contributed by atoms with Crippen LogP contribution in [-0.2, 0) is 6.42 Å². The fourth-order valence-electron chi connectivity index (χ4n) is 4.74. The van der Waals surface area contributed by atoms with Crippen molar-refractivity contribution in [1.29, 1.82) is 0 Å². The van der Waals surface area contributed by atoms with Crippen LogP contribution in [-0.4, -0.2) is 32.4 Å². The van der Waals surface area contributed by atoms with E-state index in [1.54, 1.807) is 12.4 Å². The number of hydrogen-bond donors (Lipinski definition) is 3. The first kappa shape index (κ1) is 22.9. The molecule has 5 N–H and O–H groups in total. The summed E-state index contributed by atoms with van der Waals surface area (Å²) in [5.74, 6) is -2.14. The second-order valence-electron chi connectivity index (χ2n) is 9.12. The van der Waals surface area contributed by atoms with E-state index in [2.05, 4.69) is 9.97 Å². The molecule has 1 aliphatic carbocycles. The summed E-state index contributed by atoms with van der Waals surface area (Å²) >= 11 is 0. The maximum Gasteiger partial charge on any atom is 0.185 e. The van der Waals surface area contributed by atoms with Gasteiger partial charge in [0.1, 0.15) is 28.8 Å². The van der Waals surface area contributed by atoms with Crippen LogP contribution < -0.4 is 11.5 Å². The smallest absolute Gasteiger partial charge is 0.185 e. The number of nitrogens with two attached hydrogens (primary N) is 2. The third-order valence-electron chi connectivity index (χ3n) is 6.10. The van der Waals surface area contributed by atoms with E-state index in [0.29, 0.717) is 0 Å². The van der Waals surface area contributed by atoms with E-state index >= 15 is 0 Å². The Labute approximate surface area is 190 Å². The number of hydrogen-bond acceptors (Lipinski definition) is 6. The Morgan fingerprint density at radius 1 is 1.18 bits per heavy atom. The molecule has 0 spiro atoms. The highest BCUT2D eigenvalue weighted by molar-refractivity contribution is 5.96. The zero-order chi connectivity index (χ0) is 23.8. The molecule has 1 aromatic carbocycles. The monoisotopic (exact) mass is 452 g/mol. The number of phenolic OH excluding ortho intramolecular Hbond substituents is 1. The van der Waals surface area contributed by atoms with Gasteiger partial charge in [-0.05, 0) is 73.6 Å². The molecule has 1 fully saturated rings. The summed E-state index contributed by atoms with van der Waals surface area (Å²) in [5, 5.41) is 9.41. The minimum atomic E-state index is -0.834. The molecule has 0 saturated heterocycles. The number of aromatic nitrogens is 2. The highest BCUT2D eigenvalue weighted by Crippen LogP contribution is 2.38. The van der Waals surface area contributed by atoms with Crippen molar-refractivity contribution in [2.75, 3.05) is 0 Å². The molecule has 172 valence electrons. The zero-order valence-electron chi connectivity index (χ0n) is 18.3. The van der Waals surface area contributed by atoms with Gasteiger partial charge in [-0.1, -0.05) is 0 Å². The van der Waals surface area contributed by atoms with Crippen LogP contribution in [0.5, 0.6) is 5.75 Å². The molecule has 8 heteroatoms. The number of pyridine rings is 2. The summed E-state index contributed by atoms with van der Waals surface area (Å²) in [6.45, 7) is 1.98. The topological polar surface area (TPSA) is 115 Å². The molecule has 4 rings (SSSR count). The standard InChI is InChI=1S/C25H26F2N4O2/c1-25(29)11-14(8-16(28)12-25)18-6-7-30-13-15(18)9-23(33)22-5-4-20(26)24(31-22)19-3-2-17(32)10-21(19)27/h2-7,10,13-14,16,32H,8-9,11-12,28-29H2,1H3/t14-,16+,25?/m0/s1. The third-order valence-corrected chi connectivity index (χ3v) is 6.10. The number of Topliss-reactive ketones (excluding diaryl/α,β-unsaturated/α-hetero) is 1. The largest absolute Gasteiger partial charge is 0.508 e. The predicted octanol–water partition coefficient (Wildman–Crippen LogP) is 3.87. The van der Waals surface area contributed by atoms with Crippen LogP contribution in [0.4, 0.5) is 8.78 Å². The molecule has 3 aromatic rings. The van der Waals surface area contributed by atoms with Gasteiger partial charge in [-0.15, -0.1) is 0 Å². The number of carbonyl (C=O) groups excluding carboxylic acids is 1. The van der Waals surface area contributed by atoms with E-state index in [-0.39, 0.29) is 46.9 Å². The number of aromatic hydroxyl groups is 1. The predicted molar refractivity (Wildman–Crippen MR) is 121 cm³/mol. The van der Waals surface area contributed by atoms with Gasteiger partial charge in [0.15, 0.2) is 5.78 Å². The van der Waals surface area contributed by atoms with Gasteiger partial charge in [-0.2, -0.15) is 0 Å². The summed E-state index contributed by atoms with van der Waals surface area (Å²) in [7, 11) is 0. The maximum absolute atomic E-state index is 14.4. The molecule has 1 unspecified atom stereocenters. The van der Waals surface area contributed by atoms with Crippen molar-refractivity contribution in [3.05, 3.63) is 77.2 Å². The van der Waals surface area contributed by atoms with Gasteiger partial charge in [-0.25, -0.2) is 13.8 Å². The summed E-state index contributed by atoms with van der Waals surface area (Å²) in [5.41, 5.74) is 13.5. The molecule has 0 aliphatic heterocycles. The van der Waals surface area contributed by atoms with Gasteiger partial charge < -0.3 is 16.6 Å². The van der Waals surface area contributed by atoms with Crippen molar-refractivity contribution < 1.29 is 18.7 Å². The number of benzene rings is 1. The van der Waals surface area contributed by atoms with E-state index in [4.69, 9.17) is 11.5 Å². The molecule has 2 heterocycles. The molecule has 0 radical (unpaired) electrons. The van der Waals surface area contributed by atoms with Crippen LogP contribution in [0.15, 0.2) is 48.8 Å². The average molecular weight is 453 g/mol. The number of carbonyl (C=O) groups is 1. The van der Waals surface area contributed by atoms with Crippen molar-refractivity contribution in [2.45, 2.75) is 50.1 Å². The number of phenols is 1. The lowest BCUT2D eigenvalue weighted by Gasteiger charge is -2.39. The molecule has 2 aromatic heterocycles. The SMILES string of the molecule is CC1(N)C[C@H](N)C[C@H](c2ccncc2CC(=O)c2ccc(F)c(-c3ccc(O)cc3F)n2)C1. The van der Waals surface area contributed by atoms with Crippen molar-refractivity contribution in [3.63, 3.8) is 0 Å². The summed E-state index contributed by atoms with van der Waals surface area (Å²) in [6, 6.07) is 7.55. The van der Waals surface area contributed by atoms with Crippen molar-refractivity contribution in [1.82, 2.24) is 9.97 Å². The Hall–Kier alpha value is -3.23. The van der Waals surface area contributed by atoms with Crippen LogP contribution in [0.1, 0.15) is 53.7 Å². The van der Waals surface area contributed by atoms with Crippen LogP contribution >= 0.6 is 0 Å². The molecule has 1 saturated carbocycles. The van der Waals surface area contributed by atoms with Gasteiger partial charge in [0.05, 0.1) is 0 Å². The number of ketones is 1. The lowest BCUT2D eigenvalue weighted by atomic mass is 9.72. The molecule has 33 heavy (non-hydrogen) atoms. The fourth-order valence-corrected chi connectivity index (χ4v) is 4.74. The highest BCUT2D eigenvalue weighted by atomic mass is 19.1. The third kappa shape index (κ3) is 5.07. The van der Waals surface area contributed by atoms with Crippen LogP contribution in [0.2, 0.25) is 0 Å². The first-order valence-electron chi connectivity index (χ1n) is 10.8. The molecule has 3 atom stereocenters. The molecular weight excluding hydrogens is 426 g/mol. The van der Waals surface area contributed by atoms with Gasteiger partial charge in [0.2, 0.25) is 0 Å². The Kier molecular flexibility index (Phi) is 6.23. The Morgan fingerprint density at radius 3 is 2.70 bits per heavy atom. The second-order valence-corrected chi connectivity index (χ2v) is 9.12. The van der Waals surface area contributed by atoms with Crippen molar-refractivity contribution in [2.24, 2.45) is 11.5 Å². The van der Waals surface area contributed by atoms with Crippen LogP contribution in [0, 0.1) is 11.6 Å². The average Bonchev–Trinajstić information content (AvgIpc) is 2.73. The summed E-state index contributed by atoms with van der Waals surface area (Å²) < 4.78 is 28.7. The minimum absolute atomic E-state index is 0.00628.